The molecule has 0 bridgehead atoms. The Morgan fingerprint density at radius 2 is 2.16 bits per heavy atom. The second-order valence-electron chi connectivity index (χ2n) is 6.05. The molecular formula is C17H23N5O2S. The molecular weight excluding hydrogens is 338 g/mol. The van der Waals surface area contributed by atoms with Crippen LogP contribution in [0, 0.1) is 0 Å². The van der Waals surface area contributed by atoms with Gasteiger partial charge in [-0.25, -0.2) is 18.4 Å². The molecule has 2 heterocycles. The first-order valence-corrected chi connectivity index (χ1v) is 10.2. The van der Waals surface area contributed by atoms with Crippen molar-refractivity contribution in [1.29, 1.82) is 0 Å². The summed E-state index contributed by atoms with van der Waals surface area (Å²) in [6.45, 7) is 3.07. The van der Waals surface area contributed by atoms with Crippen molar-refractivity contribution in [2.45, 2.75) is 25.9 Å². The monoisotopic (exact) mass is 361 g/mol. The van der Waals surface area contributed by atoms with E-state index in [0.29, 0.717) is 25.5 Å². The zero-order valence-corrected chi connectivity index (χ0v) is 15.0. The fraction of sp³-hybridized carbons (Fsp3) is 0.412. The number of nitrogens with one attached hydrogen (secondary N) is 3. The third-order valence-corrected chi connectivity index (χ3v) is 5.79. The van der Waals surface area contributed by atoms with Crippen LogP contribution >= 0.6 is 0 Å². The highest BCUT2D eigenvalue weighted by molar-refractivity contribution is 7.91. The molecule has 7 nitrogen and oxygen atoms in total. The van der Waals surface area contributed by atoms with Crippen molar-refractivity contribution in [3.63, 3.8) is 0 Å². The number of rotatable bonds is 5. The van der Waals surface area contributed by atoms with Crippen LogP contribution in [0.3, 0.4) is 0 Å². The van der Waals surface area contributed by atoms with Crippen LogP contribution in [0.15, 0.2) is 41.5 Å². The van der Waals surface area contributed by atoms with E-state index in [-0.39, 0.29) is 17.5 Å². The van der Waals surface area contributed by atoms with Crippen molar-refractivity contribution >= 4 is 15.8 Å². The van der Waals surface area contributed by atoms with Crippen molar-refractivity contribution in [2.24, 2.45) is 4.99 Å². The summed E-state index contributed by atoms with van der Waals surface area (Å²) in [5.41, 5.74) is 2.03. The minimum absolute atomic E-state index is 0.0840. The first-order chi connectivity index (χ1) is 12.1. The van der Waals surface area contributed by atoms with Gasteiger partial charge in [0.1, 0.15) is 12.4 Å². The molecule has 1 atom stereocenters. The van der Waals surface area contributed by atoms with Gasteiger partial charge in [0, 0.05) is 12.6 Å². The van der Waals surface area contributed by atoms with E-state index < -0.39 is 9.84 Å². The lowest BCUT2D eigenvalue weighted by Crippen LogP contribution is -2.44. The fourth-order valence-corrected chi connectivity index (χ4v) is 4.46. The zero-order chi connectivity index (χ0) is 17.7. The van der Waals surface area contributed by atoms with E-state index in [0.717, 1.165) is 17.1 Å². The van der Waals surface area contributed by atoms with Crippen LogP contribution in [-0.4, -0.2) is 48.4 Å². The van der Waals surface area contributed by atoms with Gasteiger partial charge in [-0.3, -0.25) is 0 Å². The van der Waals surface area contributed by atoms with Gasteiger partial charge in [0.25, 0.3) is 0 Å². The van der Waals surface area contributed by atoms with Crippen LogP contribution in [0.1, 0.15) is 19.2 Å². The Bertz CT molecular complexity index is 830. The van der Waals surface area contributed by atoms with Crippen LogP contribution in [0.2, 0.25) is 0 Å². The number of H-pyrrole nitrogens is 1. The Morgan fingerprint density at radius 3 is 2.84 bits per heavy atom. The molecule has 25 heavy (non-hydrogen) atoms. The number of aromatic nitrogens is 2. The van der Waals surface area contributed by atoms with Gasteiger partial charge in [-0.1, -0.05) is 30.3 Å². The van der Waals surface area contributed by atoms with Gasteiger partial charge in [-0.15, -0.1) is 0 Å². The van der Waals surface area contributed by atoms with Crippen molar-refractivity contribution < 1.29 is 8.42 Å². The summed E-state index contributed by atoms with van der Waals surface area (Å²) in [4.78, 5) is 12.1. The number of aliphatic imine (C=N–C) groups is 1. The zero-order valence-electron chi connectivity index (χ0n) is 14.2. The molecule has 1 aliphatic rings. The SMILES string of the molecule is CCNC(=NCc1ncc(-c2ccccc2)[nH]1)NC1CCS(=O)(=O)C1. The Kier molecular flexibility index (Phi) is 5.37. The predicted octanol–water partition coefficient (Wildman–Crippen LogP) is 1.32. The number of imidazole rings is 1. The number of hydrogen-bond donors (Lipinski definition) is 3. The molecule has 1 fully saturated rings. The lowest BCUT2D eigenvalue weighted by Gasteiger charge is -2.15. The molecule has 2 aromatic rings. The van der Waals surface area contributed by atoms with Crippen LogP contribution in [0.4, 0.5) is 0 Å². The molecule has 0 amide bonds. The smallest absolute Gasteiger partial charge is 0.191 e. The highest BCUT2D eigenvalue weighted by Crippen LogP contribution is 2.16. The minimum atomic E-state index is -2.91. The van der Waals surface area contributed by atoms with Crippen molar-refractivity contribution in [1.82, 2.24) is 20.6 Å². The van der Waals surface area contributed by atoms with E-state index in [1.807, 2.05) is 37.3 Å². The molecule has 8 heteroatoms. The van der Waals surface area contributed by atoms with Gasteiger partial charge < -0.3 is 15.6 Å². The number of guanidine groups is 1. The topological polar surface area (TPSA) is 99.2 Å². The maximum absolute atomic E-state index is 11.6. The molecule has 0 aliphatic carbocycles. The Labute approximate surface area is 147 Å². The average molecular weight is 361 g/mol. The molecule has 1 aliphatic heterocycles. The van der Waals surface area contributed by atoms with Crippen LogP contribution in [-0.2, 0) is 16.4 Å². The molecule has 1 unspecified atom stereocenters. The van der Waals surface area contributed by atoms with Gasteiger partial charge in [0.15, 0.2) is 15.8 Å². The Balaban J connectivity index is 1.65. The first kappa shape index (κ1) is 17.5. The van der Waals surface area contributed by atoms with E-state index >= 15 is 0 Å². The molecule has 3 rings (SSSR count). The van der Waals surface area contributed by atoms with Crippen molar-refractivity contribution in [3.05, 3.63) is 42.4 Å². The van der Waals surface area contributed by atoms with Gasteiger partial charge in [-0.2, -0.15) is 0 Å². The molecule has 1 saturated heterocycles. The minimum Gasteiger partial charge on any atom is -0.357 e. The number of benzene rings is 1. The summed E-state index contributed by atoms with van der Waals surface area (Å²) in [7, 11) is -2.91. The fourth-order valence-electron chi connectivity index (χ4n) is 2.78. The lowest BCUT2D eigenvalue weighted by molar-refractivity contribution is 0.599. The Hall–Kier alpha value is -2.35. The molecule has 0 radical (unpaired) electrons. The normalized spacial score (nSPS) is 19.7. The summed E-state index contributed by atoms with van der Waals surface area (Å²) in [6, 6.07) is 9.90. The standard InChI is InChI=1S/C17H23N5O2S/c1-2-18-17(21-14-8-9-25(23,24)12-14)20-11-16-19-10-15(22-16)13-6-4-3-5-7-13/h3-7,10,14H,2,8-9,11-12H2,1H3,(H,19,22)(H2,18,20,21). The van der Waals surface area contributed by atoms with E-state index in [4.69, 9.17) is 0 Å². The van der Waals surface area contributed by atoms with Gasteiger partial charge >= 0.3 is 0 Å². The lowest BCUT2D eigenvalue weighted by atomic mass is 10.2. The largest absolute Gasteiger partial charge is 0.357 e. The summed E-state index contributed by atoms with van der Waals surface area (Å²) in [6.07, 6.45) is 2.41. The highest BCUT2D eigenvalue weighted by atomic mass is 32.2. The van der Waals surface area contributed by atoms with Gasteiger partial charge in [0.2, 0.25) is 0 Å². The van der Waals surface area contributed by atoms with E-state index in [9.17, 15) is 8.42 Å². The Morgan fingerprint density at radius 1 is 1.36 bits per heavy atom. The van der Waals surface area contributed by atoms with Crippen LogP contribution in [0.25, 0.3) is 11.3 Å². The second kappa shape index (κ2) is 7.69. The van der Waals surface area contributed by atoms with E-state index in [1.54, 1.807) is 6.20 Å². The van der Waals surface area contributed by atoms with E-state index in [2.05, 4.69) is 25.6 Å². The molecule has 1 aromatic carbocycles. The molecule has 3 N–H and O–H groups in total. The quantitative estimate of drug-likeness (QED) is 0.551. The maximum atomic E-state index is 11.6. The van der Waals surface area contributed by atoms with Crippen molar-refractivity contribution in [3.8, 4) is 11.3 Å². The number of nitrogens with zero attached hydrogens (tertiary/aromatic N) is 2. The van der Waals surface area contributed by atoms with Crippen LogP contribution in [0.5, 0.6) is 0 Å². The third-order valence-electron chi connectivity index (χ3n) is 4.02. The average Bonchev–Trinajstić information content (AvgIpc) is 3.20. The number of hydrogen-bond acceptors (Lipinski definition) is 4. The maximum Gasteiger partial charge on any atom is 0.191 e. The molecule has 0 spiro atoms. The first-order valence-electron chi connectivity index (χ1n) is 8.40. The summed E-state index contributed by atoms with van der Waals surface area (Å²) in [5.74, 6) is 1.77. The second-order valence-corrected chi connectivity index (χ2v) is 8.28. The highest BCUT2D eigenvalue weighted by Gasteiger charge is 2.28. The van der Waals surface area contributed by atoms with E-state index in [1.165, 1.54) is 0 Å². The molecule has 1 aromatic heterocycles. The predicted molar refractivity (Wildman–Crippen MR) is 99.0 cm³/mol. The number of aromatic amines is 1. The molecule has 134 valence electrons. The molecule has 0 saturated carbocycles. The number of sulfone groups is 1. The third kappa shape index (κ3) is 4.82. The summed E-state index contributed by atoms with van der Waals surface area (Å²) >= 11 is 0. The van der Waals surface area contributed by atoms with Gasteiger partial charge in [-0.05, 0) is 18.9 Å². The van der Waals surface area contributed by atoms with Gasteiger partial charge in [0.05, 0.1) is 23.4 Å². The summed E-state index contributed by atoms with van der Waals surface area (Å²) in [5, 5.41) is 6.35. The van der Waals surface area contributed by atoms with Crippen LogP contribution < -0.4 is 10.6 Å². The van der Waals surface area contributed by atoms with Crippen molar-refractivity contribution in [2.75, 3.05) is 18.1 Å². The summed E-state index contributed by atoms with van der Waals surface area (Å²) < 4.78 is 23.2.